The van der Waals surface area contributed by atoms with E-state index in [0.29, 0.717) is 55.8 Å². The second-order valence-corrected chi connectivity index (χ2v) is 8.49. The maximum atomic E-state index is 12.9. The van der Waals surface area contributed by atoms with E-state index >= 15 is 0 Å². The normalized spacial score (nSPS) is 15.4. The second kappa shape index (κ2) is 12.3. The molecule has 2 aromatic rings. The highest BCUT2D eigenvalue weighted by Gasteiger charge is 2.24. The van der Waals surface area contributed by atoms with E-state index in [1.165, 1.54) is 0 Å². The summed E-state index contributed by atoms with van der Waals surface area (Å²) in [6.07, 6.45) is 2.95. The molecule has 0 saturated heterocycles. The molecule has 1 aromatic carbocycles. The van der Waals surface area contributed by atoms with Crippen molar-refractivity contribution in [2.75, 3.05) is 33.4 Å². The number of fused-ring (bicyclic) bond motifs is 1. The van der Waals surface area contributed by atoms with Crippen molar-refractivity contribution in [3.8, 4) is 0 Å². The Labute approximate surface area is 200 Å². The molecule has 0 bridgehead atoms. The predicted octanol–water partition coefficient (Wildman–Crippen LogP) is 2.38. The maximum absolute atomic E-state index is 12.9. The molecule has 0 radical (unpaired) electrons. The predicted molar refractivity (Wildman–Crippen MR) is 127 cm³/mol. The molecule has 9 nitrogen and oxygen atoms in total. The summed E-state index contributed by atoms with van der Waals surface area (Å²) in [6.45, 7) is 6.57. The Morgan fingerprint density at radius 1 is 1.21 bits per heavy atom. The van der Waals surface area contributed by atoms with Crippen molar-refractivity contribution in [2.24, 2.45) is 5.92 Å². The van der Waals surface area contributed by atoms with Crippen LogP contribution >= 0.6 is 0 Å². The first kappa shape index (κ1) is 25.4. The van der Waals surface area contributed by atoms with Gasteiger partial charge < -0.3 is 20.1 Å². The summed E-state index contributed by atoms with van der Waals surface area (Å²) in [4.78, 5) is 37.0. The molecule has 1 atom stereocenters. The minimum atomic E-state index is -0.444. The van der Waals surface area contributed by atoms with Gasteiger partial charge in [-0.05, 0) is 49.9 Å². The molecule has 0 aliphatic carbocycles. The minimum absolute atomic E-state index is 0.0136. The molecule has 0 saturated carbocycles. The van der Waals surface area contributed by atoms with Gasteiger partial charge in [0.25, 0.3) is 11.8 Å². The fraction of sp³-hybridized carbons (Fsp3) is 0.520. The number of rotatable bonds is 7. The lowest BCUT2D eigenvalue weighted by Gasteiger charge is -2.15. The summed E-state index contributed by atoms with van der Waals surface area (Å²) in [5.41, 5.74) is 3.23. The molecule has 1 aromatic heterocycles. The van der Waals surface area contributed by atoms with E-state index in [0.717, 1.165) is 24.2 Å². The fourth-order valence-corrected chi connectivity index (χ4v) is 3.93. The number of benzene rings is 1. The zero-order chi connectivity index (χ0) is 24.5. The van der Waals surface area contributed by atoms with Crippen molar-refractivity contribution in [2.45, 2.75) is 46.1 Å². The van der Waals surface area contributed by atoms with E-state index in [-0.39, 0.29) is 24.3 Å². The summed E-state index contributed by atoms with van der Waals surface area (Å²) in [6, 6.07) is 6.34. The van der Waals surface area contributed by atoms with Gasteiger partial charge in [0.15, 0.2) is 0 Å². The van der Waals surface area contributed by atoms with Crippen LogP contribution in [0.3, 0.4) is 0 Å². The van der Waals surface area contributed by atoms with Crippen LogP contribution in [0.4, 0.5) is 0 Å². The average molecular weight is 471 g/mol. The van der Waals surface area contributed by atoms with Crippen molar-refractivity contribution >= 4 is 17.8 Å². The van der Waals surface area contributed by atoms with Gasteiger partial charge in [-0.3, -0.25) is 14.3 Å². The zero-order valence-electron chi connectivity index (χ0n) is 20.2. The first-order valence-electron chi connectivity index (χ1n) is 11.9. The number of hydrogen-bond acceptors (Lipinski definition) is 6. The monoisotopic (exact) mass is 470 g/mol. The van der Waals surface area contributed by atoms with Crippen LogP contribution in [-0.4, -0.2) is 61.0 Å². The first-order valence-corrected chi connectivity index (χ1v) is 11.9. The number of amides is 2. The molecule has 1 aliphatic heterocycles. The van der Waals surface area contributed by atoms with Crippen molar-refractivity contribution in [3.63, 3.8) is 0 Å². The van der Waals surface area contributed by atoms with Crippen molar-refractivity contribution in [3.05, 3.63) is 52.3 Å². The van der Waals surface area contributed by atoms with E-state index in [1.807, 2.05) is 18.5 Å². The van der Waals surface area contributed by atoms with Crippen LogP contribution in [0.1, 0.15) is 69.2 Å². The summed E-state index contributed by atoms with van der Waals surface area (Å²) in [7, 11) is 1.56. The van der Waals surface area contributed by atoms with Crippen LogP contribution < -0.4 is 10.6 Å². The van der Waals surface area contributed by atoms with Gasteiger partial charge in [-0.2, -0.15) is 5.10 Å². The van der Waals surface area contributed by atoms with Gasteiger partial charge in [-0.15, -0.1) is 0 Å². The third kappa shape index (κ3) is 6.44. The highest BCUT2D eigenvalue weighted by molar-refractivity contribution is 5.97. The van der Waals surface area contributed by atoms with E-state index in [2.05, 4.69) is 10.6 Å². The number of carbonyl (C=O) groups is 3. The highest BCUT2D eigenvalue weighted by atomic mass is 16.5. The van der Waals surface area contributed by atoms with Crippen molar-refractivity contribution in [1.29, 1.82) is 0 Å². The van der Waals surface area contributed by atoms with Crippen LogP contribution in [0, 0.1) is 5.92 Å². The Morgan fingerprint density at radius 3 is 2.62 bits per heavy atom. The number of nitrogens with zero attached hydrogens (tertiary/aromatic N) is 2. The quantitative estimate of drug-likeness (QED) is 0.601. The van der Waals surface area contributed by atoms with Gasteiger partial charge in [-0.25, -0.2) is 4.79 Å². The Hall–Kier alpha value is -3.20. The van der Waals surface area contributed by atoms with Crippen molar-refractivity contribution in [1.82, 2.24) is 20.4 Å². The smallest absolute Gasteiger partial charge is 0.338 e. The topological polar surface area (TPSA) is 112 Å². The lowest BCUT2D eigenvalue weighted by Crippen LogP contribution is -2.27. The van der Waals surface area contributed by atoms with Gasteiger partial charge in [0, 0.05) is 44.8 Å². The Balaban J connectivity index is 1.67. The van der Waals surface area contributed by atoms with Crippen LogP contribution in [-0.2, 0) is 28.9 Å². The molecule has 34 heavy (non-hydrogen) atoms. The van der Waals surface area contributed by atoms with Gasteiger partial charge in [-0.1, -0.05) is 13.8 Å². The third-order valence-electron chi connectivity index (χ3n) is 5.74. The van der Waals surface area contributed by atoms with Gasteiger partial charge in [0.2, 0.25) is 0 Å². The van der Waals surface area contributed by atoms with Gasteiger partial charge in [0.1, 0.15) is 0 Å². The lowest BCUT2D eigenvalue weighted by atomic mass is 10.1. The molecule has 2 N–H and O–H groups in total. The number of hydrogen-bond donors (Lipinski definition) is 2. The molecular weight excluding hydrogens is 436 g/mol. The van der Waals surface area contributed by atoms with E-state index in [9.17, 15) is 14.4 Å². The fourth-order valence-electron chi connectivity index (χ4n) is 3.93. The summed E-state index contributed by atoms with van der Waals surface area (Å²) >= 11 is 0. The van der Waals surface area contributed by atoms with Gasteiger partial charge in [0.05, 0.1) is 29.1 Å². The molecule has 2 amide bonds. The number of carbonyl (C=O) groups excluding carboxylic acids is 3. The second-order valence-electron chi connectivity index (χ2n) is 8.49. The Kier molecular flexibility index (Phi) is 9.21. The molecule has 0 spiro atoms. The lowest BCUT2D eigenvalue weighted by molar-refractivity contribution is 0.0435. The Morgan fingerprint density at radius 2 is 1.91 bits per heavy atom. The average Bonchev–Trinajstić information content (AvgIpc) is 3.18. The van der Waals surface area contributed by atoms with Crippen molar-refractivity contribution < 1.29 is 23.9 Å². The number of aryl methyl sites for hydroxylation is 1. The van der Waals surface area contributed by atoms with Crippen LogP contribution in [0.5, 0.6) is 0 Å². The molecular formula is C25H34N4O5. The molecule has 9 heteroatoms. The number of ether oxygens (including phenoxy) is 2. The molecule has 2 heterocycles. The standard InChI is InChI=1S/C25H34N4O5/c1-4-20-22-21(7-5-13-33-14-6-12-27-24(22)31)29(28-20)15-17(2)16-34-25(32)19-10-8-18(9-11-19)23(30)26-3/h8-11,17H,4-7,12-16H2,1-3H3,(H,26,30)(H,27,31)/t17-/m1/s1. The molecule has 0 fully saturated rings. The zero-order valence-corrected chi connectivity index (χ0v) is 20.2. The SMILES string of the molecule is CCc1nn(C[C@@H](C)COC(=O)c2ccc(C(=O)NC)cc2)c2c1C(=O)NCCCOCCC2. The van der Waals surface area contributed by atoms with E-state index < -0.39 is 5.97 Å². The molecule has 184 valence electrons. The summed E-state index contributed by atoms with van der Waals surface area (Å²) in [5, 5.41) is 10.3. The van der Waals surface area contributed by atoms with E-state index in [1.54, 1.807) is 31.3 Å². The largest absolute Gasteiger partial charge is 0.462 e. The number of nitrogens with one attached hydrogen (secondary N) is 2. The van der Waals surface area contributed by atoms with Crippen LogP contribution in [0.25, 0.3) is 0 Å². The number of aromatic nitrogens is 2. The summed E-state index contributed by atoms with van der Waals surface area (Å²) in [5.74, 6) is -0.753. The third-order valence-corrected chi connectivity index (χ3v) is 5.74. The molecule has 0 unspecified atom stereocenters. The molecule has 3 rings (SSSR count). The minimum Gasteiger partial charge on any atom is -0.462 e. The highest BCUT2D eigenvalue weighted by Crippen LogP contribution is 2.20. The Bertz CT molecular complexity index is 999. The van der Waals surface area contributed by atoms with Gasteiger partial charge >= 0.3 is 5.97 Å². The van der Waals surface area contributed by atoms with Crippen LogP contribution in [0.15, 0.2) is 24.3 Å². The maximum Gasteiger partial charge on any atom is 0.338 e. The summed E-state index contributed by atoms with van der Waals surface area (Å²) < 4.78 is 13.0. The first-order chi connectivity index (χ1) is 16.4. The van der Waals surface area contributed by atoms with Crippen LogP contribution in [0.2, 0.25) is 0 Å². The van der Waals surface area contributed by atoms with E-state index in [4.69, 9.17) is 14.6 Å². The molecule has 1 aliphatic rings. The number of esters is 1.